The topological polar surface area (TPSA) is 29.6 Å². The normalized spacial score (nSPS) is 23.9. The maximum Gasteiger partial charge on any atom is 0.194 e. The zero-order chi connectivity index (χ0) is 15.0. The zero-order valence-electron chi connectivity index (χ0n) is 12.1. The molecular weight excluding hydrogens is 328 g/mol. The van der Waals surface area contributed by atoms with Gasteiger partial charge in [0.1, 0.15) is 5.60 Å². The molecule has 0 bridgehead atoms. The number of ether oxygens (including phenoxy) is 1. The molecular formula is C18H17BrO2. The van der Waals surface area contributed by atoms with Gasteiger partial charge in [0.25, 0.3) is 0 Å². The van der Waals surface area contributed by atoms with Crippen LogP contribution in [-0.4, -0.2) is 17.2 Å². The third kappa shape index (κ3) is 2.56. The van der Waals surface area contributed by atoms with Crippen LogP contribution in [0.1, 0.15) is 27.0 Å². The second-order valence-electron chi connectivity index (χ2n) is 5.62. The molecule has 1 fully saturated rings. The number of carbonyl (C=O) groups is 1. The van der Waals surface area contributed by atoms with E-state index in [1.54, 1.807) is 0 Å². The zero-order valence-corrected chi connectivity index (χ0v) is 13.7. The van der Waals surface area contributed by atoms with E-state index in [0.29, 0.717) is 10.9 Å². The fourth-order valence-corrected chi connectivity index (χ4v) is 3.29. The monoisotopic (exact) mass is 344 g/mol. The minimum absolute atomic E-state index is 0.0509. The van der Waals surface area contributed by atoms with Crippen LogP contribution in [0, 0.1) is 13.8 Å². The molecule has 0 radical (unpaired) electrons. The lowest BCUT2D eigenvalue weighted by Crippen LogP contribution is -2.21. The summed E-state index contributed by atoms with van der Waals surface area (Å²) in [5.74, 6) is 0.0509. The molecule has 2 unspecified atom stereocenters. The number of carbonyl (C=O) groups excluding carboxylic acids is 1. The number of alkyl halides is 1. The molecule has 2 nitrogen and oxygen atoms in total. The number of epoxide rings is 1. The van der Waals surface area contributed by atoms with Crippen LogP contribution in [0.3, 0.4) is 0 Å². The van der Waals surface area contributed by atoms with Crippen LogP contribution in [0.15, 0.2) is 48.5 Å². The van der Waals surface area contributed by atoms with Gasteiger partial charge in [-0.3, -0.25) is 4.79 Å². The van der Waals surface area contributed by atoms with Crippen molar-refractivity contribution in [3.8, 4) is 0 Å². The van der Waals surface area contributed by atoms with Crippen molar-refractivity contribution in [1.29, 1.82) is 0 Å². The van der Waals surface area contributed by atoms with E-state index in [1.165, 1.54) is 5.56 Å². The molecule has 3 rings (SSSR count). The fraction of sp³-hybridized carbons (Fsp3) is 0.278. The Balaban J connectivity index is 1.86. The Hall–Kier alpha value is -1.45. The van der Waals surface area contributed by atoms with Crippen molar-refractivity contribution in [2.45, 2.75) is 25.6 Å². The summed E-state index contributed by atoms with van der Waals surface area (Å²) in [4.78, 5) is 12.6. The Labute approximate surface area is 133 Å². The minimum Gasteiger partial charge on any atom is -0.351 e. The molecule has 0 saturated carbocycles. The summed E-state index contributed by atoms with van der Waals surface area (Å²) >= 11 is 3.50. The van der Waals surface area contributed by atoms with Gasteiger partial charge in [0, 0.05) is 10.9 Å². The van der Waals surface area contributed by atoms with Crippen LogP contribution < -0.4 is 0 Å². The molecule has 2 atom stereocenters. The Morgan fingerprint density at radius 2 is 1.57 bits per heavy atom. The molecule has 21 heavy (non-hydrogen) atoms. The van der Waals surface area contributed by atoms with E-state index in [2.05, 4.69) is 28.1 Å². The van der Waals surface area contributed by atoms with Crippen molar-refractivity contribution < 1.29 is 9.53 Å². The third-order valence-electron chi connectivity index (χ3n) is 4.01. The molecule has 0 aromatic heterocycles. The molecule has 2 aromatic rings. The summed E-state index contributed by atoms with van der Waals surface area (Å²) in [5, 5.41) is 0.616. The summed E-state index contributed by atoms with van der Waals surface area (Å²) in [7, 11) is 0. The average molecular weight is 345 g/mol. The first-order chi connectivity index (χ1) is 10.1. The van der Waals surface area contributed by atoms with Crippen LogP contribution >= 0.6 is 15.9 Å². The van der Waals surface area contributed by atoms with E-state index in [9.17, 15) is 4.79 Å². The molecule has 0 N–H and O–H groups in total. The number of aryl methyl sites for hydroxylation is 2. The average Bonchev–Trinajstić information content (AvgIpc) is 3.24. The Morgan fingerprint density at radius 1 is 1.05 bits per heavy atom. The van der Waals surface area contributed by atoms with Gasteiger partial charge in [-0.15, -0.1) is 0 Å². The van der Waals surface area contributed by atoms with Gasteiger partial charge in [0.15, 0.2) is 11.9 Å². The number of rotatable bonds is 4. The van der Waals surface area contributed by atoms with Crippen molar-refractivity contribution in [3.05, 3.63) is 70.8 Å². The minimum atomic E-state index is -0.518. The summed E-state index contributed by atoms with van der Waals surface area (Å²) < 4.78 is 5.83. The van der Waals surface area contributed by atoms with Crippen LogP contribution in [0.5, 0.6) is 0 Å². The van der Waals surface area contributed by atoms with E-state index in [4.69, 9.17) is 4.74 Å². The van der Waals surface area contributed by atoms with Gasteiger partial charge in [-0.2, -0.15) is 0 Å². The van der Waals surface area contributed by atoms with Gasteiger partial charge in [0.05, 0.1) is 0 Å². The van der Waals surface area contributed by atoms with Gasteiger partial charge in [-0.25, -0.2) is 0 Å². The summed E-state index contributed by atoms with van der Waals surface area (Å²) in [5.41, 5.74) is 3.59. The second kappa shape index (κ2) is 5.39. The number of benzene rings is 2. The molecule has 1 aliphatic rings. The number of ketones is 1. The van der Waals surface area contributed by atoms with Gasteiger partial charge in [0.2, 0.25) is 0 Å². The van der Waals surface area contributed by atoms with E-state index < -0.39 is 11.7 Å². The highest BCUT2D eigenvalue weighted by atomic mass is 79.9. The van der Waals surface area contributed by atoms with Crippen molar-refractivity contribution in [2.75, 3.05) is 5.33 Å². The van der Waals surface area contributed by atoms with E-state index >= 15 is 0 Å². The van der Waals surface area contributed by atoms with Crippen LogP contribution in [0.2, 0.25) is 0 Å². The third-order valence-corrected chi connectivity index (χ3v) is 4.84. The first kappa shape index (κ1) is 14.5. The number of Topliss-reactive ketones (excluding diaryl/α,β-unsaturated/α-hetero) is 1. The lowest BCUT2D eigenvalue weighted by atomic mass is 9.92. The number of hydrogen-bond donors (Lipinski definition) is 0. The Morgan fingerprint density at radius 3 is 2.10 bits per heavy atom. The molecule has 0 spiro atoms. The van der Waals surface area contributed by atoms with Gasteiger partial charge < -0.3 is 4.74 Å². The first-order valence-corrected chi connectivity index (χ1v) is 8.11. The van der Waals surface area contributed by atoms with Crippen molar-refractivity contribution in [2.24, 2.45) is 0 Å². The molecule has 2 aromatic carbocycles. The predicted molar refractivity (Wildman–Crippen MR) is 87.0 cm³/mol. The Bertz CT molecular complexity index is 661. The smallest absolute Gasteiger partial charge is 0.194 e. The molecule has 1 aliphatic heterocycles. The van der Waals surface area contributed by atoms with Gasteiger partial charge in [-0.05, 0) is 19.4 Å². The largest absolute Gasteiger partial charge is 0.351 e. The first-order valence-electron chi connectivity index (χ1n) is 6.98. The maximum atomic E-state index is 12.6. The van der Waals surface area contributed by atoms with Crippen molar-refractivity contribution in [1.82, 2.24) is 0 Å². The predicted octanol–water partition coefficient (Wildman–Crippen LogP) is 4.18. The van der Waals surface area contributed by atoms with Crippen LogP contribution in [0.4, 0.5) is 0 Å². The van der Waals surface area contributed by atoms with E-state index in [-0.39, 0.29) is 5.78 Å². The highest BCUT2D eigenvalue weighted by molar-refractivity contribution is 9.09. The highest BCUT2D eigenvalue weighted by Gasteiger charge is 2.60. The van der Waals surface area contributed by atoms with Gasteiger partial charge in [-0.1, -0.05) is 75.6 Å². The molecule has 108 valence electrons. The summed E-state index contributed by atoms with van der Waals surface area (Å²) in [6, 6.07) is 15.8. The fourth-order valence-electron chi connectivity index (χ4n) is 2.54. The summed E-state index contributed by atoms with van der Waals surface area (Å²) in [6.45, 7) is 4.06. The maximum absolute atomic E-state index is 12.6. The highest BCUT2D eigenvalue weighted by Crippen LogP contribution is 2.49. The lowest BCUT2D eigenvalue weighted by molar-refractivity contribution is 0.0953. The molecule has 1 saturated heterocycles. The van der Waals surface area contributed by atoms with E-state index in [0.717, 1.165) is 11.1 Å². The number of halogens is 1. The standard InChI is InChI=1S/C18H17BrO2/c1-12-3-7-14(8-4-12)16(20)17-18(11-19,21-17)15-9-5-13(2)6-10-15/h3-10,17H,11H2,1-2H3. The van der Waals surface area contributed by atoms with Crippen LogP contribution in [0.25, 0.3) is 0 Å². The lowest BCUT2D eigenvalue weighted by Gasteiger charge is -2.10. The molecule has 1 heterocycles. The van der Waals surface area contributed by atoms with Gasteiger partial charge >= 0.3 is 0 Å². The summed E-state index contributed by atoms with van der Waals surface area (Å²) in [6.07, 6.45) is -0.401. The van der Waals surface area contributed by atoms with Crippen molar-refractivity contribution >= 4 is 21.7 Å². The molecule has 0 amide bonds. The quantitative estimate of drug-likeness (QED) is 0.473. The SMILES string of the molecule is Cc1ccc(C(=O)C2OC2(CBr)c2ccc(C)cc2)cc1. The molecule has 3 heteroatoms. The number of hydrogen-bond acceptors (Lipinski definition) is 2. The molecule has 0 aliphatic carbocycles. The second-order valence-corrected chi connectivity index (χ2v) is 6.18. The van der Waals surface area contributed by atoms with Crippen molar-refractivity contribution in [3.63, 3.8) is 0 Å². The van der Waals surface area contributed by atoms with E-state index in [1.807, 2.05) is 50.2 Å². The Kier molecular flexibility index (Phi) is 3.72. The van der Waals surface area contributed by atoms with Crippen LogP contribution in [-0.2, 0) is 10.3 Å².